The molecule has 1 saturated carbocycles. The van der Waals surface area contributed by atoms with E-state index in [0.29, 0.717) is 6.10 Å². The number of unbranched alkanes of at least 4 members (excludes halogenated alkanes) is 9. The van der Waals surface area contributed by atoms with Crippen LogP contribution in [0.15, 0.2) is 12.2 Å². The van der Waals surface area contributed by atoms with Gasteiger partial charge in [0.25, 0.3) is 0 Å². The summed E-state index contributed by atoms with van der Waals surface area (Å²) in [6.45, 7) is 5.41. The molecule has 1 unspecified atom stereocenters. The van der Waals surface area contributed by atoms with Crippen molar-refractivity contribution in [2.45, 2.75) is 123 Å². The number of rotatable bonds is 15. The quantitative estimate of drug-likeness (QED) is 0.218. The molecular formula is C23H44O. The summed E-state index contributed by atoms with van der Waals surface area (Å²) in [5, 5.41) is 0. The highest BCUT2D eigenvalue weighted by atomic mass is 16.5. The summed E-state index contributed by atoms with van der Waals surface area (Å²) < 4.78 is 5.92. The van der Waals surface area contributed by atoms with E-state index in [-0.39, 0.29) is 0 Å². The summed E-state index contributed by atoms with van der Waals surface area (Å²) in [4.78, 5) is 0. The van der Waals surface area contributed by atoms with Crippen LogP contribution in [0.2, 0.25) is 0 Å². The zero-order valence-corrected chi connectivity index (χ0v) is 16.7. The molecule has 0 aliphatic heterocycles. The van der Waals surface area contributed by atoms with Gasteiger partial charge in [-0.05, 0) is 25.7 Å². The van der Waals surface area contributed by atoms with E-state index in [4.69, 9.17) is 4.74 Å². The predicted octanol–water partition coefficient (Wildman–Crippen LogP) is 7.84. The van der Waals surface area contributed by atoms with E-state index in [2.05, 4.69) is 26.0 Å². The Morgan fingerprint density at radius 2 is 1.42 bits per heavy atom. The average molecular weight is 337 g/mol. The minimum absolute atomic E-state index is 0.298. The lowest BCUT2D eigenvalue weighted by molar-refractivity contribution is 0.0936. The van der Waals surface area contributed by atoms with Crippen molar-refractivity contribution in [3.05, 3.63) is 12.2 Å². The Hall–Kier alpha value is -0.300. The molecule has 0 amide bonds. The van der Waals surface area contributed by atoms with Gasteiger partial charge in [0.15, 0.2) is 0 Å². The van der Waals surface area contributed by atoms with Crippen LogP contribution in [0.4, 0.5) is 0 Å². The Morgan fingerprint density at radius 1 is 0.833 bits per heavy atom. The van der Waals surface area contributed by atoms with Gasteiger partial charge in [-0.1, -0.05) is 109 Å². The lowest BCUT2D eigenvalue weighted by Crippen LogP contribution is -2.07. The minimum Gasteiger partial charge on any atom is -0.374 e. The maximum absolute atomic E-state index is 5.92. The first-order valence-corrected chi connectivity index (χ1v) is 11.1. The Bertz CT molecular complexity index is 278. The largest absolute Gasteiger partial charge is 0.374 e. The Morgan fingerprint density at radius 3 is 2.04 bits per heavy atom. The lowest BCUT2D eigenvalue weighted by atomic mass is 9.87. The van der Waals surface area contributed by atoms with E-state index in [0.717, 1.165) is 12.5 Å². The maximum Gasteiger partial charge on any atom is 0.0727 e. The highest BCUT2D eigenvalue weighted by Gasteiger charge is 2.11. The Balaban J connectivity index is 1.82. The third-order valence-electron chi connectivity index (χ3n) is 5.48. The zero-order chi connectivity index (χ0) is 17.3. The van der Waals surface area contributed by atoms with Gasteiger partial charge in [-0.15, -0.1) is 0 Å². The molecule has 0 radical (unpaired) electrons. The minimum atomic E-state index is 0.298. The molecule has 0 bridgehead atoms. The van der Waals surface area contributed by atoms with Crippen molar-refractivity contribution >= 4 is 0 Å². The first-order valence-electron chi connectivity index (χ1n) is 11.1. The van der Waals surface area contributed by atoms with Crippen LogP contribution in [-0.2, 0) is 4.74 Å². The normalized spacial score (nSPS) is 17.6. The third kappa shape index (κ3) is 13.0. The van der Waals surface area contributed by atoms with Crippen LogP contribution in [-0.4, -0.2) is 12.7 Å². The van der Waals surface area contributed by atoms with E-state index in [9.17, 15) is 0 Å². The van der Waals surface area contributed by atoms with Gasteiger partial charge in [0, 0.05) is 6.61 Å². The van der Waals surface area contributed by atoms with Crippen LogP contribution in [0, 0.1) is 5.92 Å². The van der Waals surface area contributed by atoms with E-state index in [1.54, 1.807) is 0 Å². The molecule has 24 heavy (non-hydrogen) atoms. The van der Waals surface area contributed by atoms with Gasteiger partial charge >= 0.3 is 0 Å². The first kappa shape index (κ1) is 21.7. The lowest BCUT2D eigenvalue weighted by Gasteiger charge is -2.19. The van der Waals surface area contributed by atoms with Gasteiger partial charge < -0.3 is 4.74 Å². The molecule has 0 heterocycles. The van der Waals surface area contributed by atoms with Gasteiger partial charge in [-0.3, -0.25) is 0 Å². The second-order valence-corrected chi connectivity index (χ2v) is 7.93. The molecule has 1 rings (SSSR count). The molecule has 0 spiro atoms. The standard InChI is InChI=1S/C23H44O/c1-3-4-5-6-7-8-9-10-11-15-21-24-22(2)17-16-20-23-18-13-12-14-19-23/h16-17,22-23H,3-15,18-21H2,1-2H3/b17-16+. The third-order valence-corrected chi connectivity index (χ3v) is 5.48. The molecule has 1 atom stereocenters. The fraction of sp³-hybridized carbons (Fsp3) is 0.913. The van der Waals surface area contributed by atoms with Gasteiger partial charge in [0.05, 0.1) is 6.10 Å². The molecule has 0 aromatic carbocycles. The SMILES string of the molecule is CCCCCCCCCCCCOC(C)/C=C/CC1CCCCC1. The van der Waals surface area contributed by atoms with E-state index in [1.807, 2.05) is 0 Å². The number of ether oxygens (including phenoxy) is 1. The molecular weight excluding hydrogens is 292 g/mol. The van der Waals surface area contributed by atoms with E-state index in [1.165, 1.54) is 103 Å². The fourth-order valence-corrected chi connectivity index (χ4v) is 3.80. The van der Waals surface area contributed by atoms with E-state index >= 15 is 0 Å². The maximum atomic E-state index is 5.92. The Labute approximate surface area is 152 Å². The van der Waals surface area contributed by atoms with Crippen molar-refractivity contribution < 1.29 is 4.74 Å². The van der Waals surface area contributed by atoms with Crippen LogP contribution < -0.4 is 0 Å². The highest BCUT2D eigenvalue weighted by molar-refractivity contribution is 4.89. The summed E-state index contributed by atoms with van der Waals surface area (Å²) in [6, 6.07) is 0. The molecule has 142 valence electrons. The topological polar surface area (TPSA) is 9.23 Å². The molecule has 1 aliphatic carbocycles. The van der Waals surface area contributed by atoms with Crippen LogP contribution in [0.1, 0.15) is 117 Å². The molecule has 1 heteroatoms. The number of allylic oxidation sites excluding steroid dienone is 1. The van der Waals surface area contributed by atoms with Gasteiger partial charge in [0.1, 0.15) is 0 Å². The zero-order valence-electron chi connectivity index (χ0n) is 16.7. The van der Waals surface area contributed by atoms with Gasteiger partial charge in [0.2, 0.25) is 0 Å². The van der Waals surface area contributed by atoms with Crippen molar-refractivity contribution in [2.24, 2.45) is 5.92 Å². The van der Waals surface area contributed by atoms with Crippen molar-refractivity contribution in [1.29, 1.82) is 0 Å². The highest BCUT2D eigenvalue weighted by Crippen LogP contribution is 2.26. The second kappa shape index (κ2) is 16.2. The molecule has 0 aromatic heterocycles. The van der Waals surface area contributed by atoms with Crippen LogP contribution in [0.3, 0.4) is 0 Å². The van der Waals surface area contributed by atoms with Crippen molar-refractivity contribution in [2.75, 3.05) is 6.61 Å². The molecule has 1 nitrogen and oxygen atoms in total. The molecule has 0 saturated heterocycles. The van der Waals surface area contributed by atoms with Gasteiger partial charge in [-0.25, -0.2) is 0 Å². The van der Waals surface area contributed by atoms with Gasteiger partial charge in [-0.2, -0.15) is 0 Å². The van der Waals surface area contributed by atoms with Crippen molar-refractivity contribution in [3.8, 4) is 0 Å². The smallest absolute Gasteiger partial charge is 0.0727 e. The summed E-state index contributed by atoms with van der Waals surface area (Å²) in [7, 11) is 0. The molecule has 1 aliphatic rings. The summed E-state index contributed by atoms with van der Waals surface area (Å²) in [6.07, 6.45) is 27.4. The monoisotopic (exact) mass is 336 g/mol. The molecule has 0 N–H and O–H groups in total. The summed E-state index contributed by atoms with van der Waals surface area (Å²) >= 11 is 0. The van der Waals surface area contributed by atoms with Crippen LogP contribution in [0.25, 0.3) is 0 Å². The van der Waals surface area contributed by atoms with Crippen molar-refractivity contribution in [3.63, 3.8) is 0 Å². The first-order chi connectivity index (χ1) is 11.8. The number of hydrogen-bond acceptors (Lipinski definition) is 1. The average Bonchev–Trinajstić information content (AvgIpc) is 2.60. The van der Waals surface area contributed by atoms with Crippen LogP contribution >= 0.6 is 0 Å². The van der Waals surface area contributed by atoms with Crippen molar-refractivity contribution in [1.82, 2.24) is 0 Å². The van der Waals surface area contributed by atoms with E-state index < -0.39 is 0 Å². The second-order valence-electron chi connectivity index (χ2n) is 7.93. The van der Waals surface area contributed by atoms with Crippen LogP contribution in [0.5, 0.6) is 0 Å². The Kier molecular flexibility index (Phi) is 14.7. The fourth-order valence-electron chi connectivity index (χ4n) is 3.80. The molecule has 1 fully saturated rings. The summed E-state index contributed by atoms with van der Waals surface area (Å²) in [5.74, 6) is 0.948. The number of hydrogen-bond donors (Lipinski definition) is 0. The summed E-state index contributed by atoms with van der Waals surface area (Å²) in [5.41, 5.74) is 0. The predicted molar refractivity (Wildman–Crippen MR) is 108 cm³/mol. The molecule has 0 aromatic rings.